The number of fused-ring (bicyclic) bond motifs is 1. The molecule has 4 unspecified atom stereocenters. The van der Waals surface area contributed by atoms with E-state index in [-0.39, 0.29) is 23.9 Å². The van der Waals surface area contributed by atoms with E-state index in [1.165, 1.54) is 4.90 Å². The van der Waals surface area contributed by atoms with Crippen molar-refractivity contribution in [3.63, 3.8) is 0 Å². The average molecular weight is 291 g/mol. The second-order valence-electron chi connectivity index (χ2n) is 7.17. The molecule has 4 atom stereocenters. The van der Waals surface area contributed by atoms with Gasteiger partial charge in [0.2, 0.25) is 5.91 Å². The highest BCUT2D eigenvalue weighted by Gasteiger charge is 2.59. The Morgan fingerprint density at radius 1 is 1.24 bits per heavy atom. The largest absolute Gasteiger partial charge is 0.337 e. The highest BCUT2D eigenvalue weighted by molar-refractivity contribution is 6.08. The minimum absolute atomic E-state index is 0.0900. The van der Waals surface area contributed by atoms with E-state index in [0.717, 1.165) is 19.3 Å². The minimum atomic E-state index is -0.666. The molecule has 1 aliphatic carbocycles. The number of urea groups is 1. The third-order valence-electron chi connectivity index (χ3n) is 5.73. The van der Waals surface area contributed by atoms with E-state index in [2.05, 4.69) is 6.92 Å². The normalized spacial score (nSPS) is 42.3. The van der Waals surface area contributed by atoms with Crippen LogP contribution in [0.2, 0.25) is 0 Å². The summed E-state index contributed by atoms with van der Waals surface area (Å²) < 4.78 is 0. The van der Waals surface area contributed by atoms with Crippen LogP contribution in [-0.4, -0.2) is 63.3 Å². The molecule has 0 spiro atoms. The second-order valence-corrected chi connectivity index (χ2v) is 7.17. The van der Waals surface area contributed by atoms with Crippen LogP contribution in [0.15, 0.2) is 0 Å². The summed E-state index contributed by atoms with van der Waals surface area (Å²) >= 11 is 0. The van der Waals surface area contributed by atoms with Crippen LogP contribution in [0.5, 0.6) is 0 Å². The number of nitrogens with zero attached hydrogens (tertiary/aromatic N) is 3. The molecular weight excluding hydrogens is 270 g/mol. The highest BCUT2D eigenvalue weighted by Crippen LogP contribution is 2.42. The van der Waals surface area contributed by atoms with Gasteiger partial charge in [0.15, 0.2) is 0 Å². The van der Waals surface area contributed by atoms with Gasteiger partial charge in [0.1, 0.15) is 5.54 Å². The lowest BCUT2D eigenvalue weighted by molar-refractivity contribution is -0.133. The molecule has 0 N–H and O–H groups in total. The summed E-state index contributed by atoms with van der Waals surface area (Å²) in [5, 5.41) is 0. The van der Waals surface area contributed by atoms with E-state index < -0.39 is 5.54 Å². The number of amides is 4. The van der Waals surface area contributed by atoms with Gasteiger partial charge in [0.05, 0.1) is 6.04 Å². The maximum atomic E-state index is 12.7. The lowest BCUT2D eigenvalue weighted by Crippen LogP contribution is -2.45. The third-order valence-corrected chi connectivity index (χ3v) is 5.73. The van der Waals surface area contributed by atoms with Gasteiger partial charge in [-0.3, -0.25) is 14.5 Å². The van der Waals surface area contributed by atoms with E-state index >= 15 is 0 Å². The summed E-state index contributed by atoms with van der Waals surface area (Å²) in [4.78, 5) is 42.4. The molecule has 0 aromatic heterocycles. The van der Waals surface area contributed by atoms with Crippen LogP contribution in [0, 0.1) is 5.92 Å². The fourth-order valence-corrected chi connectivity index (χ4v) is 4.23. The molecule has 3 heterocycles. The Hall–Kier alpha value is -1.59. The van der Waals surface area contributed by atoms with E-state index in [1.807, 2.05) is 11.8 Å². The van der Waals surface area contributed by atoms with Crippen LogP contribution < -0.4 is 0 Å². The number of rotatable bonds is 2. The van der Waals surface area contributed by atoms with Gasteiger partial charge in [-0.25, -0.2) is 4.79 Å². The zero-order valence-electron chi connectivity index (χ0n) is 12.5. The number of imide groups is 1. The fraction of sp³-hybridized carbons (Fsp3) is 0.800. The second kappa shape index (κ2) is 3.99. The number of likely N-dealkylation sites (tertiary alicyclic amines) is 1. The van der Waals surface area contributed by atoms with Crippen LogP contribution in [0.1, 0.15) is 39.5 Å². The molecular formula is C15H21N3O3. The number of carbonyl (C=O) groups is 3. The first-order valence-corrected chi connectivity index (χ1v) is 7.88. The Bertz CT molecular complexity index is 548. The van der Waals surface area contributed by atoms with Crippen LogP contribution in [0.25, 0.3) is 0 Å². The topological polar surface area (TPSA) is 60.9 Å². The van der Waals surface area contributed by atoms with Gasteiger partial charge < -0.3 is 9.80 Å². The van der Waals surface area contributed by atoms with Crippen molar-refractivity contribution < 1.29 is 14.4 Å². The van der Waals surface area contributed by atoms with Gasteiger partial charge in [-0.1, -0.05) is 6.92 Å². The maximum Gasteiger partial charge on any atom is 0.328 e. The fourth-order valence-electron chi connectivity index (χ4n) is 4.23. The van der Waals surface area contributed by atoms with Gasteiger partial charge in [0, 0.05) is 25.6 Å². The van der Waals surface area contributed by atoms with Crippen LogP contribution in [0.3, 0.4) is 0 Å². The molecule has 114 valence electrons. The summed E-state index contributed by atoms with van der Waals surface area (Å²) in [5.41, 5.74) is -0.666. The molecule has 4 amide bonds. The van der Waals surface area contributed by atoms with Crippen molar-refractivity contribution in [2.75, 3.05) is 13.1 Å². The molecule has 4 rings (SSSR count). The molecule has 0 aromatic rings. The van der Waals surface area contributed by atoms with Crippen molar-refractivity contribution in [1.29, 1.82) is 0 Å². The Balaban J connectivity index is 1.56. The summed E-state index contributed by atoms with van der Waals surface area (Å²) in [6.07, 6.45) is 2.96. The van der Waals surface area contributed by atoms with Crippen LogP contribution in [0.4, 0.5) is 4.79 Å². The van der Waals surface area contributed by atoms with Crippen molar-refractivity contribution in [3.05, 3.63) is 0 Å². The Morgan fingerprint density at radius 3 is 2.57 bits per heavy atom. The van der Waals surface area contributed by atoms with E-state index in [1.54, 1.807) is 4.90 Å². The minimum Gasteiger partial charge on any atom is -0.337 e. The quantitative estimate of drug-likeness (QED) is 0.707. The summed E-state index contributed by atoms with van der Waals surface area (Å²) in [7, 11) is 0. The average Bonchev–Trinajstić information content (AvgIpc) is 2.79. The third kappa shape index (κ3) is 1.61. The molecule has 0 aromatic carbocycles. The summed E-state index contributed by atoms with van der Waals surface area (Å²) in [5.74, 6) is 0.541. The first kappa shape index (κ1) is 13.1. The van der Waals surface area contributed by atoms with Gasteiger partial charge in [-0.15, -0.1) is 0 Å². The van der Waals surface area contributed by atoms with Gasteiger partial charge in [-0.05, 0) is 32.1 Å². The van der Waals surface area contributed by atoms with Crippen LogP contribution in [-0.2, 0) is 9.59 Å². The molecule has 6 nitrogen and oxygen atoms in total. The van der Waals surface area contributed by atoms with E-state index in [9.17, 15) is 14.4 Å². The predicted molar refractivity (Wildman–Crippen MR) is 74.3 cm³/mol. The van der Waals surface area contributed by atoms with Gasteiger partial charge >= 0.3 is 6.03 Å². The molecule has 3 saturated heterocycles. The molecule has 21 heavy (non-hydrogen) atoms. The zero-order chi connectivity index (χ0) is 14.9. The Kier molecular flexibility index (Phi) is 2.49. The standard InChI is InChI=1S/C15H21N3O3/c1-9-6-11(9)16-8-10(7-12(16)19)18-13(20)15(2)4-3-5-17(15)14(18)21/h9-11H,3-8H2,1-2H3. The molecule has 3 aliphatic heterocycles. The highest BCUT2D eigenvalue weighted by atomic mass is 16.2. The molecule has 0 radical (unpaired) electrons. The van der Waals surface area contributed by atoms with Crippen molar-refractivity contribution in [1.82, 2.24) is 14.7 Å². The lowest BCUT2D eigenvalue weighted by atomic mass is 9.99. The number of hydrogen-bond donors (Lipinski definition) is 0. The number of hydrogen-bond acceptors (Lipinski definition) is 3. The molecule has 1 saturated carbocycles. The first-order valence-electron chi connectivity index (χ1n) is 7.88. The summed E-state index contributed by atoms with van der Waals surface area (Å²) in [6, 6.07) is -0.137. The Morgan fingerprint density at radius 2 is 1.95 bits per heavy atom. The molecule has 4 fully saturated rings. The predicted octanol–water partition coefficient (Wildman–Crippen LogP) is 0.812. The van der Waals surface area contributed by atoms with Crippen molar-refractivity contribution in [2.45, 2.75) is 57.2 Å². The van der Waals surface area contributed by atoms with Crippen molar-refractivity contribution in [2.24, 2.45) is 5.92 Å². The SMILES string of the molecule is CC1CC1N1CC(N2C(=O)N3CCCC3(C)C2=O)CC1=O. The number of carbonyl (C=O) groups excluding carboxylic acids is 3. The van der Waals surface area contributed by atoms with E-state index in [0.29, 0.717) is 31.5 Å². The summed E-state index contributed by atoms with van der Waals surface area (Å²) in [6.45, 7) is 5.17. The van der Waals surface area contributed by atoms with Crippen LogP contribution >= 0.6 is 0 Å². The smallest absolute Gasteiger partial charge is 0.328 e. The Labute approximate surface area is 124 Å². The van der Waals surface area contributed by atoms with E-state index in [4.69, 9.17) is 0 Å². The van der Waals surface area contributed by atoms with Crippen molar-refractivity contribution in [3.8, 4) is 0 Å². The first-order chi connectivity index (χ1) is 9.93. The maximum absolute atomic E-state index is 12.7. The lowest BCUT2D eigenvalue weighted by Gasteiger charge is -2.23. The van der Waals surface area contributed by atoms with Gasteiger partial charge in [0.25, 0.3) is 5.91 Å². The van der Waals surface area contributed by atoms with Gasteiger partial charge in [-0.2, -0.15) is 0 Å². The molecule has 4 aliphatic rings. The monoisotopic (exact) mass is 291 g/mol. The zero-order valence-corrected chi connectivity index (χ0v) is 12.5. The molecule has 0 bridgehead atoms. The van der Waals surface area contributed by atoms with Crippen molar-refractivity contribution >= 4 is 17.8 Å². The molecule has 6 heteroatoms.